The number of benzene rings is 1. The highest BCUT2D eigenvalue weighted by atomic mass is 19.4. The van der Waals surface area contributed by atoms with Gasteiger partial charge in [0.05, 0.1) is 0 Å². The summed E-state index contributed by atoms with van der Waals surface area (Å²) in [6.07, 6.45) is -4.49. The molecule has 0 amide bonds. The van der Waals surface area contributed by atoms with Gasteiger partial charge in [0.25, 0.3) is 0 Å². The van der Waals surface area contributed by atoms with Gasteiger partial charge < -0.3 is 9.73 Å². The predicted octanol–water partition coefficient (Wildman–Crippen LogP) is 3.78. The zero-order valence-electron chi connectivity index (χ0n) is 9.51. The smallest absolute Gasteiger partial charge is 0.410 e. The van der Waals surface area contributed by atoms with E-state index in [-0.39, 0.29) is 17.9 Å². The maximum absolute atomic E-state index is 13.3. The summed E-state index contributed by atoms with van der Waals surface area (Å²) < 4.78 is 56.7. The van der Waals surface area contributed by atoms with E-state index in [9.17, 15) is 17.6 Å². The average molecular weight is 261 g/mol. The molecule has 0 spiro atoms. The monoisotopic (exact) mass is 261 g/mol. The number of halogens is 4. The van der Waals surface area contributed by atoms with Crippen LogP contribution in [0.2, 0.25) is 0 Å². The average Bonchev–Trinajstić information content (AvgIpc) is 2.69. The summed E-state index contributed by atoms with van der Waals surface area (Å²) in [7, 11) is 0. The Bertz CT molecular complexity index is 546. The fraction of sp³-hybridized carbons (Fsp3) is 0.333. The second kappa shape index (κ2) is 4.61. The van der Waals surface area contributed by atoms with Crippen LogP contribution in [0.5, 0.6) is 0 Å². The van der Waals surface area contributed by atoms with Crippen LogP contribution < -0.4 is 5.32 Å². The molecule has 1 unspecified atom stereocenters. The van der Waals surface area contributed by atoms with Crippen molar-refractivity contribution < 1.29 is 22.0 Å². The highest BCUT2D eigenvalue weighted by Gasteiger charge is 2.42. The molecule has 1 heterocycles. The first-order chi connectivity index (χ1) is 8.43. The van der Waals surface area contributed by atoms with E-state index in [0.717, 1.165) is 6.07 Å². The highest BCUT2D eigenvalue weighted by Crippen LogP contribution is 2.35. The largest absolute Gasteiger partial charge is 0.456 e. The maximum atomic E-state index is 13.3. The molecule has 2 rings (SSSR count). The van der Waals surface area contributed by atoms with E-state index in [2.05, 4.69) is 5.32 Å². The highest BCUT2D eigenvalue weighted by molar-refractivity contribution is 5.78. The lowest BCUT2D eigenvalue weighted by Gasteiger charge is -2.18. The molecule has 2 nitrogen and oxygen atoms in total. The number of nitrogens with one attached hydrogen (secondary N) is 1. The molecule has 0 aliphatic carbocycles. The summed E-state index contributed by atoms with van der Waals surface area (Å²) in [5, 5.41) is 2.59. The lowest BCUT2D eigenvalue weighted by Crippen LogP contribution is -2.33. The maximum Gasteiger partial charge on any atom is 0.410 e. The van der Waals surface area contributed by atoms with Crippen molar-refractivity contribution in [3.8, 4) is 0 Å². The van der Waals surface area contributed by atoms with E-state index < -0.39 is 18.0 Å². The van der Waals surface area contributed by atoms with Gasteiger partial charge in [-0.25, -0.2) is 4.39 Å². The minimum Gasteiger partial charge on any atom is -0.456 e. The van der Waals surface area contributed by atoms with Crippen molar-refractivity contribution in [1.29, 1.82) is 0 Å². The molecule has 0 radical (unpaired) electrons. The van der Waals surface area contributed by atoms with Gasteiger partial charge in [0, 0.05) is 5.39 Å². The van der Waals surface area contributed by atoms with E-state index in [1.165, 1.54) is 18.2 Å². The van der Waals surface area contributed by atoms with Gasteiger partial charge in [-0.3, -0.25) is 0 Å². The number of hydrogen-bond acceptors (Lipinski definition) is 2. The van der Waals surface area contributed by atoms with E-state index in [4.69, 9.17) is 4.42 Å². The van der Waals surface area contributed by atoms with Crippen LogP contribution in [0.1, 0.15) is 18.7 Å². The standard InChI is InChI=1S/C12H11F4NO/c1-2-17-11(12(14,15)16)9-6-7-4-3-5-8(13)10(7)18-9/h3-6,11,17H,2H2,1H3. The van der Waals surface area contributed by atoms with Crippen LogP contribution in [0.25, 0.3) is 11.0 Å². The molecule has 0 saturated heterocycles. The molecule has 1 aromatic carbocycles. The molecule has 0 saturated carbocycles. The SMILES string of the molecule is CCNC(c1cc2cccc(F)c2o1)C(F)(F)F. The fourth-order valence-electron chi connectivity index (χ4n) is 1.77. The molecule has 18 heavy (non-hydrogen) atoms. The molecule has 0 aliphatic heterocycles. The normalized spacial score (nSPS) is 14.1. The Morgan fingerprint density at radius 1 is 1.33 bits per heavy atom. The van der Waals surface area contributed by atoms with E-state index in [0.29, 0.717) is 5.39 Å². The lowest BCUT2D eigenvalue weighted by atomic mass is 10.2. The van der Waals surface area contributed by atoms with Crippen LogP contribution in [0.15, 0.2) is 28.7 Å². The first-order valence-electron chi connectivity index (χ1n) is 5.41. The molecule has 98 valence electrons. The number of alkyl halides is 3. The first kappa shape index (κ1) is 12.9. The Balaban J connectivity index is 2.48. The zero-order valence-corrected chi connectivity index (χ0v) is 9.51. The fourth-order valence-corrected chi connectivity index (χ4v) is 1.77. The third kappa shape index (κ3) is 2.33. The van der Waals surface area contributed by atoms with Gasteiger partial charge in [0.2, 0.25) is 0 Å². The van der Waals surface area contributed by atoms with E-state index >= 15 is 0 Å². The van der Waals surface area contributed by atoms with Gasteiger partial charge in [-0.05, 0) is 18.7 Å². The Morgan fingerprint density at radius 3 is 2.61 bits per heavy atom. The van der Waals surface area contributed by atoms with Crippen LogP contribution in [0, 0.1) is 5.82 Å². The summed E-state index contributed by atoms with van der Waals surface area (Å²) >= 11 is 0. The van der Waals surface area contributed by atoms with Gasteiger partial charge in [0.15, 0.2) is 17.4 Å². The Kier molecular flexibility index (Phi) is 3.30. The molecule has 0 bridgehead atoms. The summed E-state index contributed by atoms with van der Waals surface area (Å²) in [5.74, 6) is -0.999. The van der Waals surface area contributed by atoms with Gasteiger partial charge >= 0.3 is 6.18 Å². The number of hydrogen-bond donors (Lipinski definition) is 1. The van der Waals surface area contributed by atoms with Gasteiger partial charge in [-0.2, -0.15) is 13.2 Å². The second-order valence-electron chi connectivity index (χ2n) is 3.84. The second-order valence-corrected chi connectivity index (χ2v) is 3.84. The van der Waals surface area contributed by atoms with Crippen molar-refractivity contribution in [2.45, 2.75) is 19.1 Å². The predicted molar refractivity (Wildman–Crippen MR) is 58.6 cm³/mol. The third-order valence-electron chi connectivity index (χ3n) is 2.54. The molecule has 1 N–H and O–H groups in total. The van der Waals surface area contributed by atoms with Crippen LogP contribution in [0.3, 0.4) is 0 Å². The molecule has 2 aromatic rings. The third-order valence-corrected chi connectivity index (χ3v) is 2.54. The summed E-state index contributed by atoms with van der Waals surface area (Å²) in [6, 6.07) is 3.36. The minimum absolute atomic E-state index is 0.129. The van der Waals surface area contributed by atoms with Gasteiger partial charge in [-0.1, -0.05) is 19.1 Å². The molecule has 1 aromatic heterocycles. The molecule has 0 aliphatic rings. The molecular weight excluding hydrogens is 250 g/mol. The van der Waals surface area contributed by atoms with Crippen LogP contribution in [-0.4, -0.2) is 12.7 Å². The Morgan fingerprint density at radius 2 is 2.06 bits per heavy atom. The Hall–Kier alpha value is -1.56. The quantitative estimate of drug-likeness (QED) is 0.850. The number of furan rings is 1. The van der Waals surface area contributed by atoms with Crippen LogP contribution in [-0.2, 0) is 0 Å². The van der Waals surface area contributed by atoms with Crippen molar-refractivity contribution in [3.05, 3.63) is 35.8 Å². The number of para-hydroxylation sites is 1. The number of fused-ring (bicyclic) bond motifs is 1. The van der Waals surface area contributed by atoms with Crippen LogP contribution >= 0.6 is 0 Å². The minimum atomic E-state index is -4.49. The molecular formula is C12H11F4NO. The molecule has 6 heteroatoms. The van der Waals surface area contributed by atoms with Gasteiger partial charge in [-0.15, -0.1) is 0 Å². The van der Waals surface area contributed by atoms with Crippen molar-refractivity contribution in [1.82, 2.24) is 5.32 Å². The summed E-state index contributed by atoms with van der Waals surface area (Å²) in [6.45, 7) is 1.69. The van der Waals surface area contributed by atoms with Crippen molar-refractivity contribution in [2.24, 2.45) is 0 Å². The summed E-state index contributed by atoms with van der Waals surface area (Å²) in [5.41, 5.74) is -0.153. The zero-order chi connectivity index (χ0) is 13.3. The molecule has 1 atom stereocenters. The van der Waals surface area contributed by atoms with Crippen LogP contribution in [0.4, 0.5) is 17.6 Å². The topological polar surface area (TPSA) is 25.2 Å². The van der Waals surface area contributed by atoms with E-state index in [1.807, 2.05) is 0 Å². The Labute approximate surface area is 101 Å². The number of rotatable bonds is 3. The van der Waals surface area contributed by atoms with E-state index in [1.54, 1.807) is 6.92 Å². The van der Waals surface area contributed by atoms with Gasteiger partial charge in [0.1, 0.15) is 5.76 Å². The van der Waals surface area contributed by atoms with Crippen molar-refractivity contribution >= 4 is 11.0 Å². The van der Waals surface area contributed by atoms with Crippen molar-refractivity contribution in [2.75, 3.05) is 6.54 Å². The first-order valence-corrected chi connectivity index (χ1v) is 5.41. The molecule has 0 fully saturated rings. The van der Waals surface area contributed by atoms with Crippen molar-refractivity contribution in [3.63, 3.8) is 0 Å². The summed E-state index contributed by atoms with van der Waals surface area (Å²) in [4.78, 5) is 0. The lowest BCUT2D eigenvalue weighted by molar-refractivity contribution is -0.161.